The number of fused-ring (bicyclic) bond motifs is 1. The molecule has 1 aliphatic carbocycles. The van der Waals surface area contributed by atoms with Gasteiger partial charge >= 0.3 is 29.6 Å². The molecule has 2 fully saturated rings. The van der Waals surface area contributed by atoms with E-state index < -0.39 is 16.6 Å². The Morgan fingerprint density at radius 2 is 2.06 bits per heavy atom. The van der Waals surface area contributed by atoms with E-state index in [4.69, 9.17) is 14.2 Å². The molecule has 32 heavy (non-hydrogen) atoms. The van der Waals surface area contributed by atoms with Gasteiger partial charge in [0.25, 0.3) is 0 Å². The number of hydrogen-bond donors (Lipinski definition) is 1. The van der Waals surface area contributed by atoms with Crippen LogP contribution in [0.5, 0.6) is 5.75 Å². The normalized spacial score (nSPS) is 20.8. The van der Waals surface area contributed by atoms with Gasteiger partial charge < -0.3 is 20.6 Å². The van der Waals surface area contributed by atoms with Gasteiger partial charge in [-0.1, -0.05) is 18.6 Å². The van der Waals surface area contributed by atoms with Crippen LogP contribution in [0.15, 0.2) is 41.7 Å². The Balaban J connectivity index is 0.00000153. The number of ether oxygens (including phenoxy) is 3. The minimum absolute atomic E-state index is 0. The van der Waals surface area contributed by atoms with Crippen molar-refractivity contribution in [1.82, 2.24) is 15.0 Å². The number of H-pyrrole nitrogens is 1. The quantitative estimate of drug-likeness (QED) is 0.550. The molecule has 0 radical (unpaired) electrons. The van der Waals surface area contributed by atoms with Crippen LogP contribution in [0, 0.1) is 6.92 Å². The topological polar surface area (TPSA) is 86.3 Å². The molecule has 1 aliphatic heterocycles. The second-order valence-corrected chi connectivity index (χ2v) is 9.63. The number of nitrogens with zero attached hydrogens (tertiary/aromatic N) is 2. The molecule has 2 aromatic heterocycles. The van der Waals surface area contributed by atoms with Gasteiger partial charge in [-0.15, -0.1) is 0 Å². The Morgan fingerprint density at radius 1 is 1.25 bits per heavy atom. The molecule has 1 N–H and O–H groups in total. The molecule has 1 unspecified atom stereocenters. The maximum absolute atomic E-state index is 12.9. The molecule has 7 nitrogen and oxygen atoms in total. The van der Waals surface area contributed by atoms with Gasteiger partial charge in [0.05, 0.1) is 39.9 Å². The second-order valence-electron chi connectivity index (χ2n) is 8.26. The summed E-state index contributed by atoms with van der Waals surface area (Å²) in [6, 6.07) is 9.51. The molecule has 0 bridgehead atoms. The first-order valence-corrected chi connectivity index (χ1v) is 12.2. The Bertz CT molecular complexity index is 1070. The molecular formula is C23H28N3NaO4S. The summed E-state index contributed by atoms with van der Waals surface area (Å²) in [7, 11) is -1.33. The first-order chi connectivity index (χ1) is 15.1. The average Bonchev–Trinajstić information content (AvgIpc) is 3.39. The van der Waals surface area contributed by atoms with Gasteiger partial charge in [-0.05, 0) is 38.0 Å². The summed E-state index contributed by atoms with van der Waals surface area (Å²) in [6.07, 6.45) is 7.13. The Hall–Kier alpha value is -1.29. The predicted molar refractivity (Wildman–Crippen MR) is 118 cm³/mol. The van der Waals surface area contributed by atoms with Crippen LogP contribution < -0.4 is 34.3 Å². The number of imidazole rings is 1. The third-order valence-electron chi connectivity index (χ3n) is 6.06. The number of aromatic nitrogens is 3. The Morgan fingerprint density at radius 3 is 2.88 bits per heavy atom. The van der Waals surface area contributed by atoms with Gasteiger partial charge in [0.1, 0.15) is 18.5 Å². The number of hydrogen-bond acceptors (Lipinski definition) is 6. The molecule has 0 amide bonds. The van der Waals surface area contributed by atoms with E-state index in [0.717, 1.165) is 53.7 Å². The number of benzene rings is 1. The van der Waals surface area contributed by atoms with Crippen molar-refractivity contribution >= 4 is 21.8 Å². The zero-order valence-electron chi connectivity index (χ0n) is 19.6. The van der Waals surface area contributed by atoms with Crippen molar-refractivity contribution < 1.29 is 49.4 Å². The van der Waals surface area contributed by atoms with Crippen molar-refractivity contribution in [2.45, 2.75) is 61.8 Å². The Labute approximate surface area is 213 Å². The van der Waals surface area contributed by atoms with E-state index in [9.17, 15) is 4.21 Å². The maximum Gasteiger partial charge on any atom is 1.00 e. The smallest absolute Gasteiger partial charge is 1.00 e. The van der Waals surface area contributed by atoms with E-state index in [-0.39, 0.29) is 42.8 Å². The molecule has 166 valence electrons. The molecule has 3 heterocycles. The summed E-state index contributed by atoms with van der Waals surface area (Å²) in [4.78, 5) is 12.0. The average molecular weight is 466 g/mol. The van der Waals surface area contributed by atoms with Crippen molar-refractivity contribution in [3.8, 4) is 5.75 Å². The SMILES string of the molecule is Cc1c(OC[C@H]2COC3(CCCCC3)O2)ccnc1CS(=O)c1nc2ccccc2[nH]1.[H-].[Na+]. The van der Waals surface area contributed by atoms with Crippen LogP contribution in [-0.4, -0.2) is 44.3 Å². The van der Waals surface area contributed by atoms with E-state index in [1.807, 2.05) is 37.3 Å². The fraction of sp³-hybridized carbons (Fsp3) is 0.478. The molecular weight excluding hydrogens is 437 g/mol. The first-order valence-electron chi connectivity index (χ1n) is 10.8. The van der Waals surface area contributed by atoms with Crippen LogP contribution in [0.4, 0.5) is 0 Å². The fourth-order valence-corrected chi connectivity index (χ4v) is 5.42. The van der Waals surface area contributed by atoms with Crippen LogP contribution in [0.1, 0.15) is 44.8 Å². The van der Waals surface area contributed by atoms with E-state index in [0.29, 0.717) is 18.4 Å². The number of rotatable bonds is 6. The largest absolute Gasteiger partial charge is 1.00 e. The van der Waals surface area contributed by atoms with Crippen LogP contribution in [0.25, 0.3) is 11.0 Å². The van der Waals surface area contributed by atoms with Gasteiger partial charge in [0, 0.05) is 24.6 Å². The number of aromatic amines is 1. The second kappa shape index (κ2) is 10.3. The van der Waals surface area contributed by atoms with Crippen LogP contribution in [0.2, 0.25) is 0 Å². The van der Waals surface area contributed by atoms with E-state index >= 15 is 0 Å². The van der Waals surface area contributed by atoms with Crippen molar-refractivity contribution in [3.05, 3.63) is 47.8 Å². The minimum atomic E-state index is -1.33. The van der Waals surface area contributed by atoms with Crippen LogP contribution >= 0.6 is 0 Å². The molecule has 3 aromatic rings. The minimum Gasteiger partial charge on any atom is -1.00 e. The maximum atomic E-state index is 12.9. The summed E-state index contributed by atoms with van der Waals surface area (Å²) >= 11 is 0. The van der Waals surface area contributed by atoms with Gasteiger partial charge in [-0.2, -0.15) is 0 Å². The van der Waals surface area contributed by atoms with Gasteiger partial charge in [-0.3, -0.25) is 9.19 Å². The monoisotopic (exact) mass is 465 g/mol. The number of pyridine rings is 1. The number of para-hydroxylation sites is 2. The summed E-state index contributed by atoms with van der Waals surface area (Å²) in [5.41, 5.74) is 3.31. The molecule has 1 saturated carbocycles. The van der Waals surface area contributed by atoms with Gasteiger partial charge in [0.2, 0.25) is 0 Å². The number of nitrogens with one attached hydrogen (secondary N) is 1. The third-order valence-corrected chi connectivity index (χ3v) is 7.22. The summed E-state index contributed by atoms with van der Waals surface area (Å²) in [5.74, 6) is 0.614. The van der Waals surface area contributed by atoms with Crippen LogP contribution in [-0.2, 0) is 26.0 Å². The van der Waals surface area contributed by atoms with E-state index in [2.05, 4.69) is 15.0 Å². The van der Waals surface area contributed by atoms with Crippen molar-refractivity contribution in [2.75, 3.05) is 13.2 Å². The molecule has 1 saturated heterocycles. The van der Waals surface area contributed by atoms with E-state index in [1.165, 1.54) is 6.42 Å². The predicted octanol–water partition coefficient (Wildman–Crippen LogP) is 1.15. The standard InChI is InChI=1S/C23H27N3O4S.Na.H/c1-16-20(15-31(27)22-25-18-7-3-4-8-19(18)26-22)24-12-9-21(16)28-13-17-14-29-23(30-17)10-5-2-6-11-23;;/h3-4,7-9,12,17H,2,5-6,10-11,13-15H2,1H3,(H,25,26);;/q;+1;-1/t17-,31?;;/m0../s1. The van der Waals surface area contributed by atoms with E-state index in [1.54, 1.807) is 6.20 Å². The zero-order chi connectivity index (χ0) is 21.3. The summed E-state index contributed by atoms with van der Waals surface area (Å²) in [5, 5.41) is 0.461. The third kappa shape index (κ3) is 5.11. The van der Waals surface area contributed by atoms with Gasteiger partial charge in [-0.25, -0.2) is 4.98 Å². The van der Waals surface area contributed by atoms with Crippen LogP contribution in [0.3, 0.4) is 0 Å². The van der Waals surface area contributed by atoms with Gasteiger partial charge in [0.15, 0.2) is 10.9 Å². The van der Waals surface area contributed by atoms with Crippen molar-refractivity contribution in [2.24, 2.45) is 0 Å². The molecule has 2 atom stereocenters. The molecule has 5 rings (SSSR count). The first kappa shape index (κ1) is 23.9. The summed E-state index contributed by atoms with van der Waals surface area (Å²) in [6.45, 7) is 2.94. The molecule has 2 aliphatic rings. The zero-order valence-corrected chi connectivity index (χ0v) is 21.5. The summed E-state index contributed by atoms with van der Waals surface area (Å²) < 4.78 is 31.2. The Kier molecular flexibility index (Phi) is 7.69. The fourth-order valence-electron chi connectivity index (χ4n) is 4.32. The molecule has 1 aromatic carbocycles. The molecule has 1 spiro atoms. The van der Waals surface area contributed by atoms with Crippen molar-refractivity contribution in [3.63, 3.8) is 0 Å². The molecule has 9 heteroatoms. The van der Waals surface area contributed by atoms with Crippen molar-refractivity contribution in [1.29, 1.82) is 0 Å².